The summed E-state index contributed by atoms with van der Waals surface area (Å²) in [7, 11) is 1.65. The third kappa shape index (κ3) is 5.53. The van der Waals surface area contributed by atoms with E-state index in [0.29, 0.717) is 5.92 Å². The Labute approximate surface area is 197 Å². The van der Waals surface area contributed by atoms with Gasteiger partial charge < -0.3 is 9.47 Å². The van der Waals surface area contributed by atoms with Crippen LogP contribution >= 0.6 is 0 Å². The van der Waals surface area contributed by atoms with Gasteiger partial charge in [0.2, 0.25) is 0 Å². The SMILES string of the molecule is COC(C(C)C(=O)CNC(C)C(=O)OCC1c2ccccc2-c2ccccc21)C(C)C(C)C. The summed E-state index contributed by atoms with van der Waals surface area (Å²) in [5, 5.41) is 3.04. The molecule has 5 nitrogen and oxygen atoms in total. The van der Waals surface area contributed by atoms with E-state index in [0.717, 1.165) is 0 Å². The van der Waals surface area contributed by atoms with Gasteiger partial charge in [0.05, 0.1) is 12.6 Å². The summed E-state index contributed by atoms with van der Waals surface area (Å²) >= 11 is 0. The van der Waals surface area contributed by atoms with Gasteiger partial charge in [0, 0.05) is 18.9 Å². The predicted molar refractivity (Wildman–Crippen MR) is 131 cm³/mol. The predicted octanol–water partition coefficient (Wildman–Crippen LogP) is 4.83. The van der Waals surface area contributed by atoms with Crippen LogP contribution in [0.5, 0.6) is 0 Å². The fraction of sp³-hybridized carbons (Fsp3) is 0.500. The van der Waals surface area contributed by atoms with E-state index in [1.54, 1.807) is 14.0 Å². The monoisotopic (exact) mass is 451 g/mol. The van der Waals surface area contributed by atoms with Crippen LogP contribution in [0.3, 0.4) is 0 Å². The number of methoxy groups -OCH3 is 1. The molecule has 0 spiro atoms. The van der Waals surface area contributed by atoms with Gasteiger partial charge in [-0.15, -0.1) is 0 Å². The van der Waals surface area contributed by atoms with E-state index in [4.69, 9.17) is 9.47 Å². The third-order valence-corrected chi connectivity index (χ3v) is 7.13. The Hall–Kier alpha value is -2.50. The van der Waals surface area contributed by atoms with E-state index in [2.05, 4.69) is 50.4 Å². The molecule has 0 saturated heterocycles. The van der Waals surface area contributed by atoms with Crippen molar-refractivity contribution < 1.29 is 19.1 Å². The highest BCUT2D eigenvalue weighted by molar-refractivity contribution is 5.84. The van der Waals surface area contributed by atoms with Crippen molar-refractivity contribution in [2.24, 2.45) is 17.8 Å². The lowest BCUT2D eigenvalue weighted by Gasteiger charge is -2.30. The maximum absolute atomic E-state index is 12.7. The summed E-state index contributed by atoms with van der Waals surface area (Å²) in [6.07, 6.45) is -0.149. The molecule has 0 aliphatic heterocycles. The van der Waals surface area contributed by atoms with E-state index in [9.17, 15) is 9.59 Å². The lowest BCUT2D eigenvalue weighted by Crippen LogP contribution is -2.43. The fourth-order valence-electron chi connectivity index (χ4n) is 4.66. The molecular weight excluding hydrogens is 414 g/mol. The molecule has 3 rings (SSSR count). The molecule has 0 fully saturated rings. The van der Waals surface area contributed by atoms with Gasteiger partial charge in [0.25, 0.3) is 0 Å². The second-order valence-corrected chi connectivity index (χ2v) is 9.52. The van der Waals surface area contributed by atoms with Gasteiger partial charge in [-0.2, -0.15) is 0 Å². The van der Waals surface area contributed by atoms with Gasteiger partial charge in [-0.25, -0.2) is 0 Å². The standard InChI is InChI=1S/C28H37NO4/c1-17(2)18(3)27(32-6)19(4)26(30)15-29-20(5)28(31)33-16-25-23-13-9-7-11-21(23)22-12-8-10-14-24(22)25/h7-14,17-20,25,27,29H,15-16H2,1-6H3. The number of Topliss-reactive ketones (excluding diaryl/α,β-unsaturated/α-hetero) is 1. The van der Waals surface area contributed by atoms with Gasteiger partial charge in [0.15, 0.2) is 5.78 Å². The van der Waals surface area contributed by atoms with Crippen molar-refractivity contribution in [3.05, 3.63) is 59.7 Å². The number of fused-ring (bicyclic) bond motifs is 3. The van der Waals surface area contributed by atoms with E-state index >= 15 is 0 Å². The van der Waals surface area contributed by atoms with Crippen LogP contribution in [-0.4, -0.2) is 44.2 Å². The minimum Gasteiger partial charge on any atom is -0.464 e. The number of ether oxygens (including phenoxy) is 2. The van der Waals surface area contributed by atoms with Crippen molar-refractivity contribution in [1.82, 2.24) is 5.32 Å². The maximum atomic E-state index is 12.7. The van der Waals surface area contributed by atoms with Crippen LogP contribution in [0.15, 0.2) is 48.5 Å². The van der Waals surface area contributed by atoms with E-state index in [-0.39, 0.29) is 48.8 Å². The number of hydrogen-bond acceptors (Lipinski definition) is 5. The lowest BCUT2D eigenvalue weighted by molar-refractivity contribution is -0.146. The van der Waals surface area contributed by atoms with Crippen molar-refractivity contribution in [3.63, 3.8) is 0 Å². The molecule has 0 amide bonds. The highest BCUT2D eigenvalue weighted by Crippen LogP contribution is 2.44. The second kappa shape index (κ2) is 11.1. The molecule has 5 heteroatoms. The molecule has 0 radical (unpaired) electrons. The van der Waals surface area contributed by atoms with Gasteiger partial charge in [0.1, 0.15) is 12.6 Å². The number of benzene rings is 2. The van der Waals surface area contributed by atoms with Crippen molar-refractivity contribution >= 4 is 11.8 Å². The molecule has 2 aromatic rings. The quantitative estimate of drug-likeness (QED) is 0.496. The summed E-state index contributed by atoms with van der Waals surface area (Å²) in [4.78, 5) is 25.4. The fourth-order valence-corrected chi connectivity index (χ4v) is 4.66. The highest BCUT2D eigenvalue weighted by atomic mass is 16.5. The third-order valence-electron chi connectivity index (χ3n) is 7.13. The zero-order valence-electron chi connectivity index (χ0n) is 20.6. The van der Waals surface area contributed by atoms with Gasteiger partial charge in [-0.3, -0.25) is 14.9 Å². The first kappa shape index (κ1) is 25.1. The maximum Gasteiger partial charge on any atom is 0.322 e. The molecule has 33 heavy (non-hydrogen) atoms. The average Bonchev–Trinajstić information content (AvgIpc) is 3.14. The largest absolute Gasteiger partial charge is 0.464 e. The number of hydrogen-bond donors (Lipinski definition) is 1. The second-order valence-electron chi connectivity index (χ2n) is 9.52. The summed E-state index contributed by atoms with van der Waals surface area (Å²) in [5.41, 5.74) is 4.76. The van der Waals surface area contributed by atoms with Crippen LogP contribution in [0.2, 0.25) is 0 Å². The van der Waals surface area contributed by atoms with E-state index < -0.39 is 6.04 Å². The Morgan fingerprint density at radius 3 is 1.97 bits per heavy atom. The van der Waals surface area contributed by atoms with Crippen LogP contribution in [0.25, 0.3) is 11.1 Å². The first-order valence-electron chi connectivity index (χ1n) is 11.9. The number of ketones is 1. The first-order chi connectivity index (χ1) is 15.8. The molecule has 4 unspecified atom stereocenters. The molecular formula is C28H37NO4. The Balaban J connectivity index is 1.55. The van der Waals surface area contributed by atoms with E-state index in [1.807, 2.05) is 31.2 Å². The highest BCUT2D eigenvalue weighted by Gasteiger charge is 2.32. The van der Waals surface area contributed by atoms with Crippen molar-refractivity contribution in [3.8, 4) is 11.1 Å². The normalized spacial score (nSPS) is 16.6. The molecule has 178 valence electrons. The molecule has 1 N–H and O–H groups in total. The Bertz CT molecular complexity index is 924. The van der Waals surface area contributed by atoms with Crippen LogP contribution in [0.4, 0.5) is 0 Å². The Morgan fingerprint density at radius 2 is 1.45 bits per heavy atom. The molecule has 1 aliphatic carbocycles. The van der Waals surface area contributed by atoms with Crippen LogP contribution in [0.1, 0.15) is 51.7 Å². The zero-order valence-corrected chi connectivity index (χ0v) is 20.6. The van der Waals surface area contributed by atoms with Gasteiger partial charge in [-0.05, 0) is 41.0 Å². The molecule has 0 heterocycles. The van der Waals surface area contributed by atoms with Crippen molar-refractivity contribution in [1.29, 1.82) is 0 Å². The number of rotatable bonds is 11. The van der Waals surface area contributed by atoms with Crippen molar-refractivity contribution in [2.45, 2.75) is 52.7 Å². The van der Waals surface area contributed by atoms with Crippen LogP contribution in [-0.2, 0) is 19.1 Å². The molecule has 0 aromatic heterocycles. The topological polar surface area (TPSA) is 64.6 Å². The molecule has 1 aliphatic rings. The molecule has 2 aromatic carbocycles. The van der Waals surface area contributed by atoms with Gasteiger partial charge >= 0.3 is 5.97 Å². The number of carbonyl (C=O) groups excluding carboxylic acids is 2. The Morgan fingerprint density at radius 1 is 0.909 bits per heavy atom. The number of esters is 1. The van der Waals surface area contributed by atoms with Crippen molar-refractivity contribution in [2.75, 3.05) is 20.3 Å². The molecule has 0 saturated carbocycles. The van der Waals surface area contributed by atoms with Gasteiger partial charge in [-0.1, -0.05) is 76.2 Å². The average molecular weight is 452 g/mol. The number of carbonyl (C=O) groups is 2. The summed E-state index contributed by atoms with van der Waals surface area (Å²) < 4.78 is 11.3. The van der Waals surface area contributed by atoms with E-state index in [1.165, 1.54) is 22.3 Å². The molecule has 0 bridgehead atoms. The minimum absolute atomic E-state index is 0.0233. The minimum atomic E-state index is -0.573. The summed E-state index contributed by atoms with van der Waals surface area (Å²) in [6, 6.07) is 15.9. The number of nitrogens with one attached hydrogen (secondary N) is 1. The van der Waals surface area contributed by atoms with Crippen LogP contribution in [0, 0.1) is 17.8 Å². The summed E-state index contributed by atoms with van der Waals surface area (Å²) in [6.45, 7) is 10.4. The summed E-state index contributed by atoms with van der Waals surface area (Å²) in [5.74, 6) is 0.125. The smallest absolute Gasteiger partial charge is 0.322 e. The molecule has 4 atom stereocenters. The lowest BCUT2D eigenvalue weighted by atomic mass is 9.83. The zero-order chi connectivity index (χ0) is 24.1. The first-order valence-corrected chi connectivity index (χ1v) is 11.9. The van der Waals surface area contributed by atoms with Crippen LogP contribution < -0.4 is 5.32 Å². The Kier molecular flexibility index (Phi) is 8.44.